The van der Waals surface area contributed by atoms with E-state index in [-0.39, 0.29) is 12.5 Å². The molecular weight excluding hydrogens is 404 g/mol. The van der Waals surface area contributed by atoms with Crippen LogP contribution in [0.2, 0.25) is 5.02 Å². The van der Waals surface area contributed by atoms with Crippen LogP contribution in [0.3, 0.4) is 0 Å². The van der Waals surface area contributed by atoms with Crippen LogP contribution in [0.1, 0.15) is 5.56 Å². The topological polar surface area (TPSA) is 69.2 Å². The standard InChI is InChI=1S/C23H21ClN2O4/c1-28-21-13-16(12-19(24)23(21)29-2)14-25-30-15-22(27)26-20-11-7-6-10-18(20)17-8-4-3-5-9-17/h3-14H,15H2,1-2H3,(H,26,27)/b25-14+. The summed E-state index contributed by atoms with van der Waals surface area (Å²) >= 11 is 6.16. The highest BCUT2D eigenvalue weighted by molar-refractivity contribution is 6.32. The molecule has 3 aromatic rings. The highest BCUT2D eigenvalue weighted by Gasteiger charge is 2.11. The fourth-order valence-corrected chi connectivity index (χ4v) is 3.15. The van der Waals surface area contributed by atoms with Crippen LogP contribution in [-0.4, -0.2) is 32.9 Å². The Morgan fingerprint density at radius 1 is 1.03 bits per heavy atom. The zero-order valence-electron chi connectivity index (χ0n) is 16.6. The van der Waals surface area contributed by atoms with Gasteiger partial charge in [0.2, 0.25) is 0 Å². The Morgan fingerprint density at radius 2 is 1.77 bits per heavy atom. The number of amides is 1. The number of oxime groups is 1. The summed E-state index contributed by atoms with van der Waals surface area (Å²) < 4.78 is 10.4. The number of rotatable bonds is 8. The zero-order valence-corrected chi connectivity index (χ0v) is 17.3. The minimum atomic E-state index is -0.319. The summed E-state index contributed by atoms with van der Waals surface area (Å²) in [7, 11) is 3.03. The average molecular weight is 425 g/mol. The van der Waals surface area contributed by atoms with Crippen molar-refractivity contribution >= 4 is 29.4 Å². The number of para-hydroxylation sites is 1. The van der Waals surface area contributed by atoms with Gasteiger partial charge in [-0.1, -0.05) is 65.3 Å². The van der Waals surface area contributed by atoms with E-state index >= 15 is 0 Å². The van der Waals surface area contributed by atoms with Crippen LogP contribution in [0.25, 0.3) is 11.1 Å². The van der Waals surface area contributed by atoms with Crippen LogP contribution in [-0.2, 0) is 9.63 Å². The molecule has 6 nitrogen and oxygen atoms in total. The first-order valence-electron chi connectivity index (χ1n) is 9.13. The normalized spacial score (nSPS) is 10.6. The molecule has 30 heavy (non-hydrogen) atoms. The molecule has 0 unspecified atom stereocenters. The summed E-state index contributed by atoms with van der Waals surface area (Å²) in [5, 5.41) is 7.07. The SMILES string of the molecule is COc1cc(/C=N/OCC(=O)Nc2ccccc2-c2ccccc2)cc(Cl)c1OC. The number of benzene rings is 3. The maximum Gasteiger partial charge on any atom is 0.265 e. The molecule has 0 aliphatic heterocycles. The Kier molecular flexibility index (Phi) is 7.29. The second kappa shape index (κ2) is 10.3. The van der Waals surface area contributed by atoms with Gasteiger partial charge in [0.25, 0.3) is 5.91 Å². The lowest BCUT2D eigenvalue weighted by molar-refractivity contribution is -0.120. The Hall–Kier alpha value is -3.51. The summed E-state index contributed by atoms with van der Waals surface area (Å²) in [6, 6.07) is 20.8. The first-order valence-corrected chi connectivity index (χ1v) is 9.51. The van der Waals surface area contributed by atoms with Gasteiger partial charge < -0.3 is 19.6 Å². The molecule has 7 heteroatoms. The third-order valence-electron chi connectivity index (χ3n) is 4.21. The number of nitrogens with zero attached hydrogens (tertiary/aromatic N) is 1. The van der Waals surface area contributed by atoms with Crippen molar-refractivity contribution in [3.05, 3.63) is 77.3 Å². The lowest BCUT2D eigenvalue weighted by Gasteiger charge is -2.11. The Bertz CT molecular complexity index is 1040. The van der Waals surface area contributed by atoms with Crippen LogP contribution in [0.4, 0.5) is 5.69 Å². The van der Waals surface area contributed by atoms with Crippen molar-refractivity contribution in [2.45, 2.75) is 0 Å². The van der Waals surface area contributed by atoms with E-state index in [1.165, 1.54) is 20.4 Å². The van der Waals surface area contributed by atoms with Crippen molar-refractivity contribution < 1.29 is 19.1 Å². The molecule has 0 heterocycles. The summed E-state index contributed by atoms with van der Waals surface area (Å²) in [6.45, 7) is -0.235. The predicted molar refractivity (Wildman–Crippen MR) is 119 cm³/mol. The van der Waals surface area contributed by atoms with Crippen molar-refractivity contribution in [1.82, 2.24) is 0 Å². The van der Waals surface area contributed by atoms with Gasteiger partial charge >= 0.3 is 0 Å². The van der Waals surface area contributed by atoms with E-state index < -0.39 is 0 Å². The minimum absolute atomic E-state index is 0.235. The molecule has 0 saturated carbocycles. The Morgan fingerprint density at radius 3 is 2.50 bits per heavy atom. The molecular formula is C23H21ClN2O4. The minimum Gasteiger partial charge on any atom is -0.493 e. The second-order valence-corrected chi connectivity index (χ2v) is 6.61. The summed E-state index contributed by atoms with van der Waals surface area (Å²) in [6.07, 6.45) is 1.44. The van der Waals surface area contributed by atoms with Gasteiger partial charge in [-0.3, -0.25) is 4.79 Å². The molecule has 1 amide bonds. The predicted octanol–water partition coefficient (Wildman–Crippen LogP) is 5.01. The lowest BCUT2D eigenvalue weighted by atomic mass is 10.0. The number of carbonyl (C=O) groups is 1. The van der Waals surface area contributed by atoms with E-state index in [4.69, 9.17) is 25.9 Å². The molecule has 0 bridgehead atoms. The molecule has 0 fully saturated rings. The highest BCUT2D eigenvalue weighted by Crippen LogP contribution is 2.35. The lowest BCUT2D eigenvalue weighted by Crippen LogP contribution is -2.17. The van der Waals surface area contributed by atoms with Crippen LogP contribution in [0.15, 0.2) is 71.9 Å². The smallest absolute Gasteiger partial charge is 0.265 e. The molecule has 154 valence electrons. The molecule has 0 spiro atoms. The second-order valence-electron chi connectivity index (χ2n) is 6.21. The number of anilines is 1. The number of hydrogen-bond donors (Lipinski definition) is 1. The van der Waals surface area contributed by atoms with E-state index in [2.05, 4.69) is 10.5 Å². The van der Waals surface area contributed by atoms with E-state index in [0.717, 1.165) is 11.1 Å². The van der Waals surface area contributed by atoms with E-state index in [1.54, 1.807) is 12.1 Å². The number of nitrogens with one attached hydrogen (secondary N) is 1. The van der Waals surface area contributed by atoms with Crippen LogP contribution in [0, 0.1) is 0 Å². The Labute approximate surface area is 180 Å². The molecule has 0 atom stereocenters. The first kappa shape index (κ1) is 21.2. The van der Waals surface area contributed by atoms with Crippen molar-refractivity contribution in [3.8, 4) is 22.6 Å². The van der Waals surface area contributed by atoms with E-state index in [1.807, 2.05) is 54.6 Å². The monoisotopic (exact) mass is 424 g/mol. The van der Waals surface area contributed by atoms with Gasteiger partial charge in [-0.2, -0.15) is 0 Å². The van der Waals surface area contributed by atoms with Crippen molar-refractivity contribution in [2.75, 3.05) is 26.1 Å². The fourth-order valence-electron chi connectivity index (χ4n) is 2.85. The fraction of sp³-hybridized carbons (Fsp3) is 0.130. The zero-order chi connectivity index (χ0) is 21.3. The van der Waals surface area contributed by atoms with Crippen LogP contribution < -0.4 is 14.8 Å². The average Bonchev–Trinajstić information content (AvgIpc) is 2.77. The van der Waals surface area contributed by atoms with Gasteiger partial charge in [0.05, 0.1) is 25.5 Å². The van der Waals surface area contributed by atoms with E-state index in [0.29, 0.717) is 27.8 Å². The van der Waals surface area contributed by atoms with Gasteiger partial charge in [-0.05, 0) is 23.8 Å². The molecule has 0 aliphatic rings. The third kappa shape index (κ3) is 5.30. The summed E-state index contributed by atoms with van der Waals surface area (Å²) in [5.41, 5.74) is 3.29. The maximum absolute atomic E-state index is 12.3. The van der Waals surface area contributed by atoms with Gasteiger partial charge in [0.1, 0.15) is 0 Å². The van der Waals surface area contributed by atoms with Crippen LogP contribution >= 0.6 is 11.6 Å². The van der Waals surface area contributed by atoms with E-state index in [9.17, 15) is 4.79 Å². The van der Waals surface area contributed by atoms with Crippen LogP contribution in [0.5, 0.6) is 11.5 Å². The van der Waals surface area contributed by atoms with Gasteiger partial charge in [-0.15, -0.1) is 0 Å². The van der Waals surface area contributed by atoms with Crippen molar-refractivity contribution in [3.63, 3.8) is 0 Å². The molecule has 0 saturated heterocycles. The summed E-state index contributed by atoms with van der Waals surface area (Å²) in [4.78, 5) is 17.4. The number of carbonyl (C=O) groups excluding carboxylic acids is 1. The molecule has 0 aliphatic carbocycles. The number of ether oxygens (including phenoxy) is 2. The molecule has 1 N–H and O–H groups in total. The van der Waals surface area contributed by atoms with Gasteiger partial charge in [-0.25, -0.2) is 0 Å². The number of hydrogen-bond acceptors (Lipinski definition) is 5. The molecule has 3 rings (SSSR count). The molecule has 0 radical (unpaired) electrons. The first-order chi connectivity index (χ1) is 14.6. The van der Waals surface area contributed by atoms with Gasteiger partial charge in [0.15, 0.2) is 18.1 Å². The summed E-state index contributed by atoms with van der Waals surface area (Å²) in [5.74, 6) is 0.594. The maximum atomic E-state index is 12.3. The van der Waals surface area contributed by atoms with Gasteiger partial charge in [0, 0.05) is 16.8 Å². The third-order valence-corrected chi connectivity index (χ3v) is 4.49. The Balaban J connectivity index is 1.61. The van der Waals surface area contributed by atoms with Crippen molar-refractivity contribution in [2.24, 2.45) is 5.16 Å². The number of halogens is 1. The largest absolute Gasteiger partial charge is 0.493 e. The van der Waals surface area contributed by atoms with Crippen molar-refractivity contribution in [1.29, 1.82) is 0 Å². The number of methoxy groups -OCH3 is 2. The molecule has 0 aromatic heterocycles. The highest BCUT2D eigenvalue weighted by atomic mass is 35.5. The molecule has 3 aromatic carbocycles. The quantitative estimate of drug-likeness (QED) is 0.407.